The fraction of sp³-hybridized carbons (Fsp3) is 0.667. The molecular formula is C30H45N5O3. The molecule has 1 amide bonds. The maximum absolute atomic E-state index is 12.9. The number of aromatic nitrogens is 2. The molecule has 1 aromatic heterocycles. The number of hydrogen-bond acceptors (Lipinski definition) is 7. The predicted octanol–water partition coefficient (Wildman–Crippen LogP) is 6.01. The second-order valence-corrected chi connectivity index (χ2v) is 11.5. The molecule has 1 saturated heterocycles. The van der Waals surface area contributed by atoms with Crippen molar-refractivity contribution in [3.63, 3.8) is 0 Å². The van der Waals surface area contributed by atoms with Crippen molar-refractivity contribution in [3.05, 3.63) is 36.1 Å². The Morgan fingerprint density at radius 2 is 2.08 bits per heavy atom. The van der Waals surface area contributed by atoms with E-state index in [1.54, 1.807) is 4.90 Å². The van der Waals surface area contributed by atoms with Crippen molar-refractivity contribution in [3.8, 4) is 12.1 Å². The van der Waals surface area contributed by atoms with E-state index in [9.17, 15) is 10.1 Å². The average Bonchev–Trinajstić information content (AvgIpc) is 3.04. The number of carbonyl (C=O) groups excluding carboxylic acids is 1. The topological polar surface area (TPSA) is 91.6 Å². The Balaban J connectivity index is 1.88. The summed E-state index contributed by atoms with van der Waals surface area (Å²) in [5, 5.41) is 9.53. The molecule has 0 saturated carbocycles. The van der Waals surface area contributed by atoms with Gasteiger partial charge in [-0.15, -0.1) is 6.58 Å². The molecule has 8 nitrogen and oxygen atoms in total. The quantitative estimate of drug-likeness (QED) is 0.274. The van der Waals surface area contributed by atoms with E-state index < -0.39 is 5.60 Å². The number of amides is 1. The molecule has 0 unspecified atom stereocenters. The molecular weight excluding hydrogens is 478 g/mol. The standard InChI is InChI=1S/C30H45N5O3/c1-7-9-13-23(11-8-2)21-37-28-32-26-19-22(3)12-10-14-25(26)27(33-28)34-17-18-35(24(20-34)15-16-31)29(36)38-30(4,5)6/h8,23-24H,2-3,7,9-15,17-21H2,1,4-6H3/t23-,24-/m0/s1. The van der Waals surface area contributed by atoms with Crippen LogP contribution in [0.3, 0.4) is 0 Å². The van der Waals surface area contributed by atoms with E-state index in [2.05, 4.69) is 31.1 Å². The van der Waals surface area contributed by atoms with E-state index in [0.29, 0.717) is 44.6 Å². The van der Waals surface area contributed by atoms with E-state index in [1.807, 2.05) is 26.8 Å². The zero-order valence-electron chi connectivity index (χ0n) is 23.8. The number of rotatable bonds is 10. The highest BCUT2D eigenvalue weighted by Crippen LogP contribution is 2.32. The number of nitrogens with zero attached hydrogens (tertiary/aromatic N) is 5. The molecule has 2 heterocycles. The number of allylic oxidation sites excluding steroid dienone is 2. The van der Waals surface area contributed by atoms with E-state index >= 15 is 0 Å². The van der Waals surface area contributed by atoms with Gasteiger partial charge >= 0.3 is 12.1 Å². The number of ether oxygens (including phenoxy) is 2. The van der Waals surface area contributed by atoms with Crippen molar-refractivity contribution >= 4 is 11.9 Å². The van der Waals surface area contributed by atoms with Crippen molar-refractivity contribution in [2.75, 3.05) is 31.1 Å². The Morgan fingerprint density at radius 3 is 2.76 bits per heavy atom. The third kappa shape index (κ3) is 8.21. The summed E-state index contributed by atoms with van der Waals surface area (Å²) in [6.45, 7) is 18.0. The Hall–Kier alpha value is -3.08. The van der Waals surface area contributed by atoms with E-state index in [4.69, 9.17) is 19.4 Å². The molecule has 2 atom stereocenters. The lowest BCUT2D eigenvalue weighted by atomic mass is 10.00. The number of fused-ring (bicyclic) bond motifs is 1. The summed E-state index contributed by atoms with van der Waals surface area (Å²) >= 11 is 0. The van der Waals surface area contributed by atoms with E-state index in [0.717, 1.165) is 62.0 Å². The summed E-state index contributed by atoms with van der Waals surface area (Å²) in [5.74, 6) is 1.24. The molecule has 0 radical (unpaired) electrons. The first-order chi connectivity index (χ1) is 18.1. The third-order valence-corrected chi connectivity index (χ3v) is 7.08. The lowest BCUT2D eigenvalue weighted by Gasteiger charge is -2.42. The van der Waals surface area contributed by atoms with Gasteiger partial charge in [-0.3, -0.25) is 0 Å². The van der Waals surface area contributed by atoms with Gasteiger partial charge in [0.05, 0.1) is 30.8 Å². The van der Waals surface area contributed by atoms with Crippen LogP contribution in [-0.2, 0) is 17.6 Å². The van der Waals surface area contributed by atoms with E-state index in [-0.39, 0.29) is 18.6 Å². The molecule has 3 rings (SSSR count). The largest absolute Gasteiger partial charge is 0.463 e. The van der Waals surface area contributed by atoms with Crippen LogP contribution < -0.4 is 9.64 Å². The minimum Gasteiger partial charge on any atom is -0.463 e. The van der Waals surface area contributed by atoms with Gasteiger partial charge < -0.3 is 19.3 Å². The summed E-state index contributed by atoms with van der Waals surface area (Å²) in [6.07, 6.45) is 9.64. The molecule has 2 aliphatic rings. The van der Waals surface area contributed by atoms with Gasteiger partial charge in [0, 0.05) is 31.6 Å². The summed E-state index contributed by atoms with van der Waals surface area (Å²) in [6, 6.07) is 2.36. The molecule has 0 aromatic carbocycles. The molecule has 208 valence electrons. The van der Waals surface area contributed by atoms with Crippen LogP contribution in [0, 0.1) is 17.2 Å². The number of carbonyl (C=O) groups is 1. The zero-order valence-corrected chi connectivity index (χ0v) is 23.8. The smallest absolute Gasteiger partial charge is 0.410 e. The van der Waals surface area contributed by atoms with Gasteiger partial charge in [-0.2, -0.15) is 15.2 Å². The van der Waals surface area contributed by atoms with Crippen molar-refractivity contribution in [2.24, 2.45) is 5.92 Å². The van der Waals surface area contributed by atoms with Crippen LogP contribution >= 0.6 is 0 Å². The Labute approximate surface area is 228 Å². The van der Waals surface area contributed by atoms with Crippen molar-refractivity contribution < 1.29 is 14.3 Å². The fourth-order valence-electron chi connectivity index (χ4n) is 5.14. The lowest BCUT2D eigenvalue weighted by molar-refractivity contribution is 0.0144. The maximum Gasteiger partial charge on any atom is 0.410 e. The highest BCUT2D eigenvalue weighted by molar-refractivity contribution is 5.69. The second kappa shape index (κ2) is 13.6. The van der Waals surface area contributed by atoms with Crippen LogP contribution in [0.1, 0.15) is 83.9 Å². The predicted molar refractivity (Wildman–Crippen MR) is 150 cm³/mol. The average molecular weight is 524 g/mol. The van der Waals surface area contributed by atoms with Gasteiger partial charge in [-0.1, -0.05) is 38.0 Å². The SMILES string of the molecule is C=CC[C@@H](CCCC)COc1nc2c(c(N3CCN(C(=O)OC(C)(C)C)[C@@H](CC#N)C3)n1)CCCC(=C)C2. The fourth-order valence-corrected chi connectivity index (χ4v) is 5.14. The van der Waals surface area contributed by atoms with Crippen molar-refractivity contribution in [2.45, 2.75) is 97.1 Å². The second-order valence-electron chi connectivity index (χ2n) is 11.5. The molecule has 1 aliphatic heterocycles. The van der Waals surface area contributed by atoms with E-state index in [1.165, 1.54) is 5.57 Å². The van der Waals surface area contributed by atoms with Gasteiger partial charge in [0.2, 0.25) is 0 Å². The molecule has 8 heteroatoms. The molecule has 0 spiro atoms. The van der Waals surface area contributed by atoms with Gasteiger partial charge in [0.15, 0.2) is 0 Å². The van der Waals surface area contributed by atoms with Crippen LogP contribution in [0.15, 0.2) is 24.8 Å². The van der Waals surface area contributed by atoms with Gasteiger partial charge in [0.25, 0.3) is 0 Å². The van der Waals surface area contributed by atoms with Crippen LogP contribution in [0.2, 0.25) is 0 Å². The first-order valence-electron chi connectivity index (χ1n) is 14.1. The number of anilines is 1. The van der Waals surface area contributed by atoms with Gasteiger partial charge in [-0.25, -0.2) is 4.79 Å². The summed E-state index contributed by atoms with van der Waals surface area (Å²) in [7, 11) is 0. The highest BCUT2D eigenvalue weighted by Gasteiger charge is 2.35. The summed E-state index contributed by atoms with van der Waals surface area (Å²) in [4.78, 5) is 26.6. The number of piperazine rings is 1. The van der Waals surface area contributed by atoms with Crippen LogP contribution in [-0.4, -0.2) is 58.8 Å². The summed E-state index contributed by atoms with van der Waals surface area (Å²) in [5.41, 5.74) is 2.69. The number of nitriles is 1. The Kier molecular flexibility index (Phi) is 10.6. The molecule has 0 N–H and O–H groups in total. The van der Waals surface area contributed by atoms with Gasteiger partial charge in [-0.05, 0) is 58.8 Å². The monoisotopic (exact) mass is 523 g/mol. The van der Waals surface area contributed by atoms with Crippen LogP contribution in [0.4, 0.5) is 10.6 Å². The molecule has 0 bridgehead atoms. The minimum absolute atomic E-state index is 0.226. The van der Waals surface area contributed by atoms with Crippen LogP contribution in [0.25, 0.3) is 0 Å². The van der Waals surface area contributed by atoms with Crippen LogP contribution in [0.5, 0.6) is 6.01 Å². The highest BCUT2D eigenvalue weighted by atomic mass is 16.6. The van der Waals surface area contributed by atoms with Crippen molar-refractivity contribution in [1.82, 2.24) is 14.9 Å². The first-order valence-corrected chi connectivity index (χ1v) is 14.1. The lowest BCUT2D eigenvalue weighted by Crippen LogP contribution is -2.56. The molecule has 38 heavy (non-hydrogen) atoms. The molecule has 1 aromatic rings. The number of hydrogen-bond donors (Lipinski definition) is 0. The molecule has 1 fully saturated rings. The minimum atomic E-state index is -0.593. The first kappa shape index (κ1) is 29.5. The third-order valence-electron chi connectivity index (χ3n) is 7.08. The number of unbranched alkanes of at least 4 members (excludes halogenated alkanes) is 1. The van der Waals surface area contributed by atoms with Crippen molar-refractivity contribution in [1.29, 1.82) is 5.26 Å². The molecule has 1 aliphatic carbocycles. The Bertz CT molecular complexity index is 1030. The normalized spacial score (nSPS) is 18.7. The maximum atomic E-state index is 12.9. The Morgan fingerprint density at radius 1 is 1.29 bits per heavy atom. The zero-order chi connectivity index (χ0) is 27.7. The summed E-state index contributed by atoms with van der Waals surface area (Å²) < 4.78 is 11.8. The van der Waals surface area contributed by atoms with Gasteiger partial charge in [0.1, 0.15) is 11.4 Å².